The Hall–Kier alpha value is -2.84. The lowest BCUT2D eigenvalue weighted by Gasteiger charge is -2.07. The van der Waals surface area contributed by atoms with Gasteiger partial charge in [-0.25, -0.2) is 4.39 Å². The smallest absolute Gasteiger partial charge is 0.305 e. The minimum Gasteiger partial charge on any atom is -0.350 e. The summed E-state index contributed by atoms with van der Waals surface area (Å²) < 4.78 is 28.8. The van der Waals surface area contributed by atoms with Crippen molar-refractivity contribution in [3.8, 4) is 0 Å². The van der Waals surface area contributed by atoms with Crippen molar-refractivity contribution in [2.75, 3.05) is 6.54 Å². The molecule has 0 unspecified atom stereocenters. The zero-order chi connectivity index (χ0) is 15.4. The van der Waals surface area contributed by atoms with Crippen molar-refractivity contribution in [3.63, 3.8) is 0 Å². The molecule has 0 bridgehead atoms. The fourth-order valence-corrected chi connectivity index (χ4v) is 1.70. The molecule has 0 atom stereocenters. The molecule has 0 saturated heterocycles. The number of carbonyl (C=O) groups excluding carboxylic acids is 1. The highest BCUT2D eigenvalue weighted by atomic mass is 19.1. The highest BCUT2D eigenvalue weighted by Gasteiger charge is 2.25. The number of nitrogens with one attached hydrogen (secondary N) is 1. The second-order valence-electron chi connectivity index (χ2n) is 4.04. The molecule has 1 heterocycles. The van der Waals surface area contributed by atoms with E-state index in [0.29, 0.717) is 18.7 Å². The summed E-state index contributed by atoms with van der Waals surface area (Å²) in [5.41, 5.74) is -1.92. The normalized spacial score (nSPS) is 10.4. The Kier molecular flexibility index (Phi) is 4.21. The minimum atomic E-state index is -1.49. The number of hydrogen-bond acceptors (Lipinski definition) is 4. The second-order valence-corrected chi connectivity index (χ2v) is 4.04. The van der Waals surface area contributed by atoms with E-state index in [2.05, 4.69) is 10.4 Å². The van der Waals surface area contributed by atoms with Gasteiger partial charge in [-0.15, -0.1) is 0 Å². The van der Waals surface area contributed by atoms with Crippen LogP contribution in [0.1, 0.15) is 10.4 Å². The van der Waals surface area contributed by atoms with Crippen LogP contribution in [0.15, 0.2) is 30.6 Å². The van der Waals surface area contributed by atoms with Crippen molar-refractivity contribution in [1.29, 1.82) is 0 Å². The number of nitrogens with zero attached hydrogens (tertiary/aromatic N) is 3. The number of amides is 1. The fourth-order valence-electron chi connectivity index (χ4n) is 1.70. The van der Waals surface area contributed by atoms with Crippen LogP contribution in [0, 0.1) is 21.7 Å². The Balaban J connectivity index is 2.11. The molecule has 7 nitrogen and oxygen atoms in total. The summed E-state index contributed by atoms with van der Waals surface area (Å²) in [5.74, 6) is -3.70. The SMILES string of the molecule is O=C(NCCn1cccn1)c1c(F)ccc([N+](=O)[O-])c1F. The van der Waals surface area contributed by atoms with Crippen molar-refractivity contribution in [1.82, 2.24) is 15.1 Å². The Morgan fingerprint density at radius 1 is 1.43 bits per heavy atom. The van der Waals surface area contributed by atoms with Crippen LogP contribution in [0.2, 0.25) is 0 Å². The van der Waals surface area contributed by atoms with Gasteiger partial charge in [-0.1, -0.05) is 0 Å². The Labute approximate surface area is 117 Å². The van der Waals surface area contributed by atoms with E-state index in [4.69, 9.17) is 0 Å². The van der Waals surface area contributed by atoms with Crippen molar-refractivity contribution in [2.45, 2.75) is 6.54 Å². The summed E-state index contributed by atoms with van der Waals surface area (Å²) in [4.78, 5) is 21.3. The molecular weight excluding hydrogens is 286 g/mol. The van der Waals surface area contributed by atoms with Crippen LogP contribution in [-0.2, 0) is 6.54 Å². The van der Waals surface area contributed by atoms with Crippen LogP contribution in [0.25, 0.3) is 0 Å². The standard InChI is InChI=1S/C12H10F2N4O3/c13-8-2-3-9(18(20)21)11(14)10(8)12(19)15-5-7-17-6-1-4-16-17/h1-4,6H,5,7H2,(H,15,19). The van der Waals surface area contributed by atoms with Gasteiger partial charge in [0.25, 0.3) is 5.91 Å². The van der Waals surface area contributed by atoms with Gasteiger partial charge in [0.2, 0.25) is 5.82 Å². The lowest BCUT2D eigenvalue weighted by Crippen LogP contribution is -2.29. The van der Waals surface area contributed by atoms with E-state index < -0.39 is 33.7 Å². The lowest BCUT2D eigenvalue weighted by atomic mass is 10.1. The summed E-state index contributed by atoms with van der Waals surface area (Å²) in [5, 5.41) is 16.7. The molecule has 0 aliphatic rings. The summed E-state index contributed by atoms with van der Waals surface area (Å²) >= 11 is 0. The number of nitro benzene ring substituents is 1. The van der Waals surface area contributed by atoms with Gasteiger partial charge in [0, 0.05) is 25.0 Å². The summed E-state index contributed by atoms with van der Waals surface area (Å²) in [6.07, 6.45) is 3.20. The Morgan fingerprint density at radius 2 is 2.19 bits per heavy atom. The first-order valence-electron chi connectivity index (χ1n) is 5.88. The summed E-state index contributed by atoms with van der Waals surface area (Å²) in [6, 6.07) is 3.04. The highest BCUT2D eigenvalue weighted by molar-refractivity contribution is 5.95. The number of aromatic nitrogens is 2. The van der Waals surface area contributed by atoms with Crippen LogP contribution in [0.5, 0.6) is 0 Å². The predicted molar refractivity (Wildman–Crippen MR) is 67.6 cm³/mol. The lowest BCUT2D eigenvalue weighted by molar-refractivity contribution is -0.387. The molecule has 1 aromatic heterocycles. The number of halogens is 2. The third-order valence-electron chi connectivity index (χ3n) is 2.68. The molecule has 1 amide bonds. The first-order chi connectivity index (χ1) is 10.0. The zero-order valence-electron chi connectivity index (χ0n) is 10.6. The third kappa shape index (κ3) is 3.19. The van der Waals surface area contributed by atoms with Crippen LogP contribution >= 0.6 is 0 Å². The van der Waals surface area contributed by atoms with Gasteiger partial charge in [-0.05, 0) is 12.1 Å². The summed E-state index contributed by atoms with van der Waals surface area (Å²) in [7, 11) is 0. The number of carbonyl (C=O) groups is 1. The molecule has 0 fully saturated rings. The van der Waals surface area contributed by atoms with Gasteiger partial charge in [0.15, 0.2) is 0 Å². The molecule has 0 aliphatic carbocycles. The quantitative estimate of drug-likeness (QED) is 0.668. The van der Waals surface area contributed by atoms with Gasteiger partial charge in [-0.2, -0.15) is 9.49 Å². The van der Waals surface area contributed by atoms with Gasteiger partial charge in [0.05, 0.1) is 11.5 Å². The number of benzene rings is 1. The van der Waals surface area contributed by atoms with Crippen LogP contribution < -0.4 is 5.32 Å². The van der Waals surface area contributed by atoms with Gasteiger partial charge in [0.1, 0.15) is 11.4 Å². The van der Waals surface area contributed by atoms with Crippen LogP contribution in [-0.4, -0.2) is 27.2 Å². The van der Waals surface area contributed by atoms with E-state index in [1.165, 1.54) is 4.68 Å². The number of rotatable bonds is 5. The maximum absolute atomic E-state index is 13.8. The molecular formula is C12H10F2N4O3. The number of nitro groups is 1. The minimum absolute atomic E-state index is 0.0715. The van der Waals surface area contributed by atoms with E-state index in [1.807, 2.05) is 0 Å². The van der Waals surface area contributed by atoms with E-state index in [1.54, 1.807) is 18.5 Å². The third-order valence-corrected chi connectivity index (χ3v) is 2.68. The Morgan fingerprint density at radius 3 is 2.81 bits per heavy atom. The molecule has 0 spiro atoms. The second kappa shape index (κ2) is 6.07. The first kappa shape index (κ1) is 14.6. The average molecular weight is 296 g/mol. The van der Waals surface area contributed by atoms with E-state index in [-0.39, 0.29) is 6.54 Å². The maximum Gasteiger partial charge on any atom is 0.305 e. The maximum atomic E-state index is 13.8. The zero-order valence-corrected chi connectivity index (χ0v) is 10.6. The van der Waals surface area contributed by atoms with Crippen molar-refractivity contribution in [3.05, 3.63) is 57.9 Å². The van der Waals surface area contributed by atoms with Crippen molar-refractivity contribution < 1.29 is 18.5 Å². The number of hydrogen-bond donors (Lipinski definition) is 1. The molecule has 110 valence electrons. The van der Waals surface area contributed by atoms with E-state index in [9.17, 15) is 23.7 Å². The molecule has 9 heteroatoms. The molecule has 0 radical (unpaired) electrons. The molecule has 21 heavy (non-hydrogen) atoms. The fraction of sp³-hybridized carbons (Fsp3) is 0.167. The van der Waals surface area contributed by atoms with Gasteiger partial charge in [-0.3, -0.25) is 19.6 Å². The van der Waals surface area contributed by atoms with Crippen LogP contribution in [0.3, 0.4) is 0 Å². The molecule has 2 rings (SSSR count). The molecule has 1 aromatic carbocycles. The van der Waals surface area contributed by atoms with Crippen molar-refractivity contribution in [2.24, 2.45) is 0 Å². The summed E-state index contributed by atoms with van der Waals surface area (Å²) in [6.45, 7) is 0.374. The average Bonchev–Trinajstić information content (AvgIpc) is 2.91. The topological polar surface area (TPSA) is 90.1 Å². The highest BCUT2D eigenvalue weighted by Crippen LogP contribution is 2.22. The monoisotopic (exact) mass is 296 g/mol. The van der Waals surface area contributed by atoms with Gasteiger partial charge < -0.3 is 5.32 Å². The van der Waals surface area contributed by atoms with Crippen molar-refractivity contribution >= 4 is 11.6 Å². The van der Waals surface area contributed by atoms with E-state index in [0.717, 1.165) is 0 Å². The molecule has 0 aliphatic heterocycles. The van der Waals surface area contributed by atoms with E-state index >= 15 is 0 Å². The first-order valence-corrected chi connectivity index (χ1v) is 5.88. The largest absolute Gasteiger partial charge is 0.350 e. The Bertz CT molecular complexity index is 673. The molecule has 2 aromatic rings. The molecule has 0 saturated carbocycles. The van der Waals surface area contributed by atoms with Crippen LogP contribution in [0.4, 0.5) is 14.5 Å². The van der Waals surface area contributed by atoms with Gasteiger partial charge >= 0.3 is 5.69 Å². The molecule has 1 N–H and O–H groups in total. The predicted octanol–water partition coefficient (Wildman–Crippen LogP) is 1.50.